The van der Waals surface area contributed by atoms with Crippen molar-refractivity contribution in [1.29, 1.82) is 0 Å². The van der Waals surface area contributed by atoms with Gasteiger partial charge in [0.15, 0.2) is 5.13 Å². The number of ether oxygens (including phenoxy) is 1. The number of hydrogen-bond acceptors (Lipinski definition) is 9. The molecule has 0 radical (unpaired) electrons. The second-order valence-corrected chi connectivity index (χ2v) is 11.2. The number of thioether (sulfide) groups is 1. The van der Waals surface area contributed by atoms with E-state index in [1.807, 2.05) is 24.3 Å². The summed E-state index contributed by atoms with van der Waals surface area (Å²) in [6.07, 6.45) is 5.31. The zero-order valence-electron chi connectivity index (χ0n) is 20.0. The Morgan fingerprint density at radius 2 is 1.89 bits per heavy atom. The van der Waals surface area contributed by atoms with Crippen molar-refractivity contribution in [2.24, 2.45) is 0 Å². The molecule has 0 unspecified atom stereocenters. The van der Waals surface area contributed by atoms with Gasteiger partial charge in [0.2, 0.25) is 17.7 Å². The van der Waals surface area contributed by atoms with Crippen LogP contribution >= 0.6 is 23.1 Å². The smallest absolute Gasteiger partial charge is 0.243 e. The highest BCUT2D eigenvalue weighted by atomic mass is 32.2. The third-order valence-corrected chi connectivity index (χ3v) is 6.93. The number of anilines is 1. The maximum absolute atomic E-state index is 12.4. The van der Waals surface area contributed by atoms with Crippen LogP contribution in [-0.2, 0) is 27.2 Å². The molecule has 2 aromatic heterocycles. The van der Waals surface area contributed by atoms with Gasteiger partial charge in [-0.15, -0.1) is 11.8 Å². The molecule has 3 N–H and O–H groups in total. The largest absolute Gasteiger partial charge is 0.494 e. The SMILES string of the molecule is CC(C)(C)c1cnc(CSc2cnc(NC(=O)Cc3ccc(OCCCCC(=O)NO)cc3)s2)o1. The van der Waals surface area contributed by atoms with E-state index < -0.39 is 5.91 Å². The molecule has 9 nitrogen and oxygen atoms in total. The number of unbranched alkanes of at least 4 members (excludes halogenated alkanes) is 1. The van der Waals surface area contributed by atoms with E-state index in [1.165, 1.54) is 11.3 Å². The molecule has 3 aromatic rings. The van der Waals surface area contributed by atoms with Gasteiger partial charge in [-0.3, -0.25) is 14.8 Å². The fourth-order valence-corrected chi connectivity index (χ4v) is 4.67. The molecule has 35 heavy (non-hydrogen) atoms. The van der Waals surface area contributed by atoms with Crippen LogP contribution in [0.15, 0.2) is 45.3 Å². The Kier molecular flexibility index (Phi) is 9.70. The number of carbonyl (C=O) groups excluding carboxylic acids is 2. The first-order chi connectivity index (χ1) is 16.7. The van der Waals surface area contributed by atoms with E-state index >= 15 is 0 Å². The third-order valence-electron chi connectivity index (χ3n) is 4.84. The number of thiazole rings is 1. The van der Waals surface area contributed by atoms with E-state index in [0.717, 1.165) is 15.5 Å². The Labute approximate surface area is 212 Å². The molecule has 0 atom stereocenters. The molecule has 2 amide bonds. The van der Waals surface area contributed by atoms with Gasteiger partial charge in [-0.25, -0.2) is 15.4 Å². The number of rotatable bonds is 12. The fraction of sp³-hybridized carbons (Fsp3) is 0.417. The Bertz CT molecular complexity index is 1110. The van der Waals surface area contributed by atoms with Crippen molar-refractivity contribution in [3.63, 3.8) is 0 Å². The van der Waals surface area contributed by atoms with Gasteiger partial charge in [0, 0.05) is 11.8 Å². The molecule has 0 saturated heterocycles. The molecular formula is C24H30N4O5S2. The van der Waals surface area contributed by atoms with Crippen LogP contribution in [0.5, 0.6) is 5.75 Å². The summed E-state index contributed by atoms with van der Waals surface area (Å²) < 4.78 is 12.4. The first kappa shape index (κ1) is 26.7. The molecule has 0 aliphatic carbocycles. The van der Waals surface area contributed by atoms with Gasteiger partial charge in [-0.2, -0.15) is 0 Å². The van der Waals surface area contributed by atoms with Crippen LogP contribution in [-0.4, -0.2) is 33.6 Å². The monoisotopic (exact) mass is 518 g/mol. The van der Waals surface area contributed by atoms with E-state index in [1.54, 1.807) is 29.6 Å². The van der Waals surface area contributed by atoms with Crippen LogP contribution in [0.25, 0.3) is 0 Å². The number of carbonyl (C=O) groups is 2. The normalized spacial score (nSPS) is 11.3. The van der Waals surface area contributed by atoms with Gasteiger partial charge < -0.3 is 14.5 Å². The molecule has 1 aromatic carbocycles. The average Bonchev–Trinajstić information content (AvgIpc) is 3.48. The molecule has 2 heterocycles. The van der Waals surface area contributed by atoms with Gasteiger partial charge >= 0.3 is 0 Å². The first-order valence-electron chi connectivity index (χ1n) is 11.2. The molecular weight excluding hydrogens is 488 g/mol. The lowest BCUT2D eigenvalue weighted by Gasteiger charge is -2.12. The Hall–Kier alpha value is -2.89. The quantitative estimate of drug-likeness (QED) is 0.133. The van der Waals surface area contributed by atoms with Crippen molar-refractivity contribution >= 4 is 40.0 Å². The van der Waals surface area contributed by atoms with E-state index in [9.17, 15) is 9.59 Å². The molecule has 0 aliphatic rings. The summed E-state index contributed by atoms with van der Waals surface area (Å²) in [4.78, 5) is 32.0. The van der Waals surface area contributed by atoms with Crippen LogP contribution in [0.3, 0.4) is 0 Å². The van der Waals surface area contributed by atoms with Crippen LogP contribution in [0.4, 0.5) is 5.13 Å². The molecule has 0 saturated carbocycles. The van der Waals surface area contributed by atoms with E-state index in [-0.39, 0.29) is 24.2 Å². The van der Waals surface area contributed by atoms with Crippen LogP contribution in [0.1, 0.15) is 57.2 Å². The topological polar surface area (TPSA) is 127 Å². The molecule has 0 fully saturated rings. The second-order valence-electron chi connectivity index (χ2n) is 8.85. The van der Waals surface area contributed by atoms with Crippen molar-refractivity contribution in [2.45, 2.75) is 61.8 Å². The summed E-state index contributed by atoms with van der Waals surface area (Å²) in [5.41, 5.74) is 2.39. The van der Waals surface area contributed by atoms with Crippen molar-refractivity contribution in [3.05, 3.63) is 53.9 Å². The number of nitrogens with zero attached hydrogens (tertiary/aromatic N) is 2. The van der Waals surface area contributed by atoms with E-state index in [2.05, 4.69) is 36.1 Å². The number of benzene rings is 1. The maximum Gasteiger partial charge on any atom is 0.243 e. The van der Waals surface area contributed by atoms with Crippen LogP contribution in [0.2, 0.25) is 0 Å². The minimum atomic E-state index is -0.402. The summed E-state index contributed by atoms with van der Waals surface area (Å²) in [7, 11) is 0. The standard InChI is InChI=1S/C24H30N4O5S2/c1-24(2,3)18-13-25-21(33-18)15-34-22-14-26-23(35-22)27-20(30)12-16-7-9-17(10-8-16)32-11-5-4-6-19(29)28-31/h7-10,13-14,31H,4-6,11-12,15H2,1-3H3,(H,28,29)(H,26,27,30). The maximum atomic E-state index is 12.4. The predicted molar refractivity (Wildman–Crippen MR) is 135 cm³/mol. The minimum absolute atomic E-state index is 0.0765. The lowest BCUT2D eigenvalue weighted by Crippen LogP contribution is -2.18. The first-order valence-corrected chi connectivity index (χ1v) is 13.0. The van der Waals surface area contributed by atoms with Gasteiger partial charge in [0.25, 0.3) is 0 Å². The number of nitrogens with one attached hydrogen (secondary N) is 2. The number of hydrogen-bond donors (Lipinski definition) is 3. The predicted octanol–water partition coefficient (Wildman–Crippen LogP) is 4.96. The molecule has 3 rings (SSSR count). The van der Waals surface area contributed by atoms with Gasteiger partial charge in [-0.1, -0.05) is 44.2 Å². The van der Waals surface area contributed by atoms with E-state index in [0.29, 0.717) is 42.0 Å². The molecule has 0 bridgehead atoms. The highest BCUT2D eigenvalue weighted by molar-refractivity contribution is 8.00. The molecule has 11 heteroatoms. The summed E-state index contributed by atoms with van der Waals surface area (Å²) >= 11 is 2.98. The van der Waals surface area contributed by atoms with Crippen LogP contribution in [0, 0.1) is 0 Å². The van der Waals surface area contributed by atoms with Gasteiger partial charge in [0.1, 0.15) is 11.5 Å². The summed E-state index contributed by atoms with van der Waals surface area (Å²) in [5, 5.41) is 11.9. The van der Waals surface area contributed by atoms with Gasteiger partial charge in [0.05, 0.1) is 35.4 Å². The highest BCUT2D eigenvalue weighted by Gasteiger charge is 2.19. The Balaban J connectivity index is 1.39. The number of amides is 2. The van der Waals surface area contributed by atoms with Crippen molar-refractivity contribution in [2.75, 3.05) is 11.9 Å². The summed E-state index contributed by atoms with van der Waals surface area (Å²) in [5.74, 6) is 2.27. The number of oxazole rings is 1. The zero-order chi connectivity index (χ0) is 25.3. The Morgan fingerprint density at radius 3 is 2.57 bits per heavy atom. The van der Waals surface area contributed by atoms with Crippen molar-refractivity contribution in [1.82, 2.24) is 15.4 Å². The zero-order valence-corrected chi connectivity index (χ0v) is 21.6. The highest BCUT2D eigenvalue weighted by Crippen LogP contribution is 2.31. The molecule has 0 spiro atoms. The third kappa shape index (κ3) is 9.00. The van der Waals surface area contributed by atoms with Crippen LogP contribution < -0.4 is 15.5 Å². The van der Waals surface area contributed by atoms with Crippen molar-refractivity contribution < 1.29 is 24.0 Å². The fourth-order valence-electron chi connectivity index (χ4n) is 2.93. The number of aromatic nitrogens is 2. The second kappa shape index (κ2) is 12.7. The minimum Gasteiger partial charge on any atom is -0.494 e. The van der Waals surface area contributed by atoms with E-state index in [4.69, 9.17) is 14.4 Å². The Morgan fingerprint density at radius 1 is 1.11 bits per heavy atom. The lowest BCUT2D eigenvalue weighted by atomic mass is 9.94. The molecule has 0 aliphatic heterocycles. The lowest BCUT2D eigenvalue weighted by molar-refractivity contribution is -0.129. The number of hydroxylamine groups is 1. The summed E-state index contributed by atoms with van der Waals surface area (Å²) in [6.45, 7) is 6.71. The summed E-state index contributed by atoms with van der Waals surface area (Å²) in [6, 6.07) is 7.32. The molecule has 188 valence electrons. The van der Waals surface area contributed by atoms with Gasteiger partial charge in [-0.05, 0) is 30.5 Å². The van der Waals surface area contributed by atoms with Crippen molar-refractivity contribution in [3.8, 4) is 5.75 Å². The average molecular weight is 519 g/mol.